The third kappa shape index (κ3) is 65.8. The Labute approximate surface area is 473 Å². The summed E-state index contributed by atoms with van der Waals surface area (Å²) in [5.41, 5.74) is -1.05. The number of halogens is 10. The molecule has 0 fully saturated rings. The number of thioether (sulfide) groups is 1. The predicted molar refractivity (Wildman–Crippen MR) is 297 cm³/mol. The van der Waals surface area contributed by atoms with E-state index >= 15 is 0 Å². The zero-order valence-electron chi connectivity index (χ0n) is 48.2. The normalized spacial score (nSPS) is 13.3. The van der Waals surface area contributed by atoms with Crippen molar-refractivity contribution >= 4 is 116 Å². The SMILES string of the molecule is CC(C)C(=C(F)F)C(C)(F)F.CC(C)[Se](=O)C(C)(F)F.CC[Se](=O)C(C)C.CNC(=C(F)F)C(C)C.CN[Se](=O)C(C)C.CO[Se](=O)C(C)C.CSC(=C(F)F)C(C)C.CS[Se](=O)C(C)C.C[Se][Se](=O)C(C)C. The van der Waals surface area contributed by atoms with Crippen LogP contribution in [-0.2, 0) is 26.8 Å². The number of hydrogen-bond donors (Lipinski definition) is 2. The summed E-state index contributed by atoms with van der Waals surface area (Å²) in [7, 11) is 6.21. The first kappa shape index (κ1) is 93.7. The van der Waals surface area contributed by atoms with E-state index in [0.717, 1.165) is 17.1 Å². The van der Waals surface area contributed by atoms with Gasteiger partial charge in [0, 0.05) is 14.0 Å². The van der Waals surface area contributed by atoms with Crippen LogP contribution in [0.15, 0.2) is 34.4 Å². The second-order valence-electron chi connectivity index (χ2n) is 16.6. The molecule has 0 aromatic heterocycles. The quantitative estimate of drug-likeness (QED) is 0.100. The van der Waals surface area contributed by atoms with E-state index in [9.17, 15) is 66.9 Å². The number of hydrogen-bond acceptors (Lipinski definition) is 10. The molecular weight excluding hydrogens is 1490 g/mol. The van der Waals surface area contributed by atoms with Gasteiger partial charge in [-0.3, -0.25) is 0 Å². The van der Waals surface area contributed by atoms with Crippen molar-refractivity contribution in [3.63, 3.8) is 0 Å². The molecule has 0 heterocycles. The van der Waals surface area contributed by atoms with Gasteiger partial charge in [-0.1, -0.05) is 41.5 Å². The molecule has 0 saturated carbocycles. The fraction of sp³-hybridized carbons (Fsp3) is 0.867. The molecule has 6 atom stereocenters. The third-order valence-corrected chi connectivity index (χ3v) is 35.9. The summed E-state index contributed by atoms with van der Waals surface area (Å²) in [6.07, 6.45) is -1.87. The van der Waals surface area contributed by atoms with Crippen molar-refractivity contribution in [2.24, 2.45) is 17.8 Å². The van der Waals surface area contributed by atoms with Crippen LogP contribution in [0.3, 0.4) is 0 Å². The molecule has 6 unspecified atom stereocenters. The van der Waals surface area contributed by atoms with Crippen molar-refractivity contribution in [1.29, 1.82) is 0 Å². The standard InChI is InChI=1S/C7H10F4.C6H11F2N.C6H10F2S.C5H10F2OSe.C5H12OSe.C4H11NOSe.C4H10O2Se.C4H10OSSe.C4H10OSe2/c1-4(2)5(6(8)9)7(3,10)11;2*1-4(2)5(9-3)6(7)8;1-4(2)9(8)5(3,6)7;1-4-7(6)5(2)3;1-4(2)7(6)5-3;3*1-4(2)7(5)6-3/h4H,1-3H3;4,9H,1-3H3;2*4H,1-3H3;5H,4H2,1-3H3;4-5H,1-3H3;3*4H,1-3H3. The molecule has 73 heavy (non-hydrogen) atoms. The van der Waals surface area contributed by atoms with Crippen LogP contribution in [0.1, 0.15) is 145 Å². The van der Waals surface area contributed by atoms with Gasteiger partial charge in [0.1, 0.15) is 0 Å². The Morgan fingerprint density at radius 1 is 0.589 bits per heavy atom. The van der Waals surface area contributed by atoms with Gasteiger partial charge in [0.2, 0.25) is 0 Å². The van der Waals surface area contributed by atoms with Gasteiger partial charge in [-0.15, -0.1) is 11.8 Å². The van der Waals surface area contributed by atoms with Crippen molar-refractivity contribution in [3.05, 3.63) is 34.4 Å². The van der Waals surface area contributed by atoms with Gasteiger partial charge in [-0.05, 0) is 24.0 Å². The van der Waals surface area contributed by atoms with Gasteiger partial charge >= 0.3 is 306 Å². The van der Waals surface area contributed by atoms with Gasteiger partial charge in [-0.25, -0.2) is 8.78 Å². The Kier molecular flexibility index (Phi) is 71.0. The zero-order chi connectivity index (χ0) is 61.1. The van der Waals surface area contributed by atoms with Crippen LogP contribution in [0, 0.1) is 17.8 Å². The van der Waals surface area contributed by atoms with Crippen molar-refractivity contribution in [2.75, 3.05) is 33.7 Å². The summed E-state index contributed by atoms with van der Waals surface area (Å²) in [5, 5.41) is 3.32. The van der Waals surface area contributed by atoms with Gasteiger partial charge < -0.3 is 5.32 Å². The van der Waals surface area contributed by atoms with Crippen LogP contribution in [0.5, 0.6) is 0 Å². The van der Waals surface area contributed by atoms with E-state index in [0.29, 0.717) is 46.2 Å². The van der Waals surface area contributed by atoms with E-state index in [1.807, 2.05) is 88.2 Å². The van der Waals surface area contributed by atoms with Crippen LogP contribution < -0.4 is 9.65 Å². The second-order valence-corrected chi connectivity index (χ2v) is 53.0. The summed E-state index contributed by atoms with van der Waals surface area (Å²) in [5.74, 6) is -2.36. The minimum atomic E-state index is -3.41. The van der Waals surface area contributed by atoms with Crippen LogP contribution >= 0.6 is 21.9 Å². The molecule has 28 heteroatoms. The summed E-state index contributed by atoms with van der Waals surface area (Å²) in [6.45, 7) is 35.6. The molecule has 0 aromatic carbocycles. The first-order valence-corrected chi connectivity index (χ1v) is 46.8. The monoisotopic (exact) mass is 1590 g/mol. The number of rotatable bonds is 18. The molecule has 0 saturated heterocycles. The molecule has 0 bridgehead atoms. The molecule has 2 N–H and O–H groups in total. The van der Waals surface area contributed by atoms with E-state index in [-0.39, 0.29) is 32.1 Å². The van der Waals surface area contributed by atoms with Gasteiger partial charge in [-0.2, -0.15) is 26.3 Å². The average molecular weight is 1580 g/mol. The average Bonchev–Trinajstić information content (AvgIpc) is 3.24. The van der Waals surface area contributed by atoms with Crippen molar-refractivity contribution in [2.45, 2.75) is 196 Å². The maximum absolute atomic E-state index is 12.4. The first-order chi connectivity index (χ1) is 32.7. The molecule has 0 aliphatic rings. The molecule has 0 radical (unpaired) electrons. The van der Waals surface area contributed by atoms with E-state index < -0.39 is 121 Å². The fourth-order valence-electron chi connectivity index (χ4n) is 3.58. The Morgan fingerprint density at radius 2 is 1.00 bits per heavy atom. The van der Waals surface area contributed by atoms with Crippen molar-refractivity contribution in [3.8, 4) is 0 Å². The molecular formula is C45H94F10N2O7S2Se7. The molecule has 0 aliphatic heterocycles. The topological polar surface area (TPSA) is 136 Å². The predicted octanol–water partition coefficient (Wildman–Crippen LogP) is 16.6. The molecule has 9 nitrogen and oxygen atoms in total. The molecule has 0 spiro atoms. The van der Waals surface area contributed by atoms with Crippen LogP contribution in [0.2, 0.25) is 40.0 Å². The number of nitrogens with one attached hydrogen (secondary N) is 2. The summed E-state index contributed by atoms with van der Waals surface area (Å²) >= 11 is -9.09. The Hall–Kier alpha value is 1.38. The van der Waals surface area contributed by atoms with E-state index in [1.165, 1.54) is 38.2 Å². The van der Waals surface area contributed by atoms with Gasteiger partial charge in [0.15, 0.2) is 0 Å². The molecule has 0 rings (SSSR count). The second kappa shape index (κ2) is 55.3. The van der Waals surface area contributed by atoms with Gasteiger partial charge in [0.25, 0.3) is 24.2 Å². The van der Waals surface area contributed by atoms with E-state index in [2.05, 4.69) is 13.5 Å². The Bertz CT molecular complexity index is 1460. The molecule has 450 valence electrons. The van der Waals surface area contributed by atoms with Crippen molar-refractivity contribution < 1.29 is 70.7 Å². The van der Waals surface area contributed by atoms with Crippen LogP contribution in [-0.4, -0.2) is 138 Å². The van der Waals surface area contributed by atoms with E-state index in [1.54, 1.807) is 54.8 Å². The molecule has 0 amide bonds. The fourth-order valence-corrected chi connectivity index (χ4v) is 17.0. The number of alkyl halides is 4. The summed E-state index contributed by atoms with van der Waals surface area (Å²) in [4.78, 5) is -1.30. The van der Waals surface area contributed by atoms with Gasteiger partial charge in [0.05, 0.1) is 16.2 Å². The molecule has 0 aromatic rings. The Balaban J connectivity index is -0.0000000906. The first-order valence-electron chi connectivity index (χ1n) is 22.6. The van der Waals surface area contributed by atoms with Crippen LogP contribution in [0.4, 0.5) is 43.9 Å². The third-order valence-electron chi connectivity index (χ3n) is 7.10. The van der Waals surface area contributed by atoms with E-state index in [4.69, 9.17) is 0 Å². The summed E-state index contributed by atoms with van der Waals surface area (Å²) < 4.78 is 191. The minimum absolute atomic E-state index is 0.0231. The maximum atomic E-state index is 12.4. The zero-order valence-corrected chi connectivity index (χ0v) is 61.8. The van der Waals surface area contributed by atoms with Crippen molar-refractivity contribution in [1.82, 2.24) is 9.65 Å². The molecule has 0 aliphatic carbocycles. The summed E-state index contributed by atoms with van der Waals surface area (Å²) in [6, 6.07) is 0. The Morgan fingerprint density at radius 3 is 1.00 bits per heavy atom. The number of allylic oxidation sites excluding steroid dienone is 3. The van der Waals surface area contributed by atoms with Crippen LogP contribution in [0.25, 0.3) is 0 Å².